The molecule has 0 bridgehead atoms. The van der Waals surface area contributed by atoms with Crippen LogP contribution in [0.2, 0.25) is 0 Å². The summed E-state index contributed by atoms with van der Waals surface area (Å²) in [4.78, 5) is 25.5. The molecule has 1 aromatic carbocycles. The lowest BCUT2D eigenvalue weighted by atomic mass is 9.95. The minimum Gasteiger partial charge on any atom is -0.326 e. The van der Waals surface area contributed by atoms with Crippen molar-refractivity contribution in [2.45, 2.75) is 20.8 Å². The number of anilines is 1. The second-order valence-electron chi connectivity index (χ2n) is 5.94. The van der Waals surface area contributed by atoms with Crippen LogP contribution >= 0.6 is 0 Å². The Morgan fingerprint density at radius 2 is 1.63 bits per heavy atom. The molecule has 0 spiro atoms. The minimum absolute atomic E-state index is 0.0418. The van der Waals surface area contributed by atoms with Gasteiger partial charge < -0.3 is 10.2 Å². The molecule has 0 aliphatic rings. The number of Topliss-reactive ketones (excluding diaryl/α,β-unsaturated/α-hetero) is 1. The largest absolute Gasteiger partial charge is 0.326 e. The average molecular weight is 262 g/mol. The van der Waals surface area contributed by atoms with Crippen molar-refractivity contribution in [2.75, 3.05) is 26.0 Å². The maximum atomic E-state index is 11.8. The second-order valence-corrected chi connectivity index (χ2v) is 5.94. The fourth-order valence-corrected chi connectivity index (χ4v) is 1.44. The van der Waals surface area contributed by atoms with Gasteiger partial charge in [0.15, 0.2) is 5.78 Å². The molecule has 0 heterocycles. The van der Waals surface area contributed by atoms with Gasteiger partial charge in [-0.05, 0) is 38.4 Å². The number of hydrogen-bond donors (Lipinski definition) is 1. The Kier molecular flexibility index (Phi) is 4.84. The van der Waals surface area contributed by atoms with Crippen molar-refractivity contribution >= 4 is 17.4 Å². The van der Waals surface area contributed by atoms with E-state index in [-0.39, 0.29) is 11.7 Å². The Morgan fingerprint density at radius 1 is 1.11 bits per heavy atom. The number of carbonyl (C=O) groups excluding carboxylic acids is 2. The molecule has 0 fully saturated rings. The third-order valence-electron chi connectivity index (χ3n) is 2.61. The van der Waals surface area contributed by atoms with E-state index in [9.17, 15) is 9.59 Å². The van der Waals surface area contributed by atoms with E-state index >= 15 is 0 Å². The highest BCUT2D eigenvalue weighted by Crippen LogP contribution is 2.17. The van der Waals surface area contributed by atoms with Crippen LogP contribution in [0.4, 0.5) is 5.69 Å². The van der Waals surface area contributed by atoms with E-state index in [1.165, 1.54) is 0 Å². The Labute approximate surface area is 114 Å². The summed E-state index contributed by atoms with van der Waals surface area (Å²) in [5, 5.41) is 2.83. The number of hydrogen-bond acceptors (Lipinski definition) is 3. The van der Waals surface area contributed by atoms with Crippen LogP contribution in [0.25, 0.3) is 0 Å². The number of benzene rings is 1. The van der Waals surface area contributed by atoms with Gasteiger partial charge in [-0.25, -0.2) is 0 Å². The fraction of sp³-hybridized carbons (Fsp3) is 0.467. The third kappa shape index (κ3) is 4.83. The number of likely N-dealkylation sites (N-methyl/N-ethyl adjacent to an activating group) is 1. The summed E-state index contributed by atoms with van der Waals surface area (Å²) in [5.41, 5.74) is 0.933. The van der Waals surface area contributed by atoms with E-state index in [0.29, 0.717) is 17.8 Å². The van der Waals surface area contributed by atoms with E-state index in [1.54, 1.807) is 24.3 Å². The van der Waals surface area contributed by atoms with Gasteiger partial charge in [0.25, 0.3) is 0 Å². The summed E-state index contributed by atoms with van der Waals surface area (Å²) in [6.45, 7) is 5.96. The summed E-state index contributed by atoms with van der Waals surface area (Å²) < 4.78 is 0. The molecule has 0 atom stereocenters. The third-order valence-corrected chi connectivity index (χ3v) is 2.61. The average Bonchev–Trinajstić information content (AvgIpc) is 2.27. The molecule has 0 radical (unpaired) electrons. The zero-order chi connectivity index (χ0) is 14.6. The van der Waals surface area contributed by atoms with Crippen LogP contribution in [0.1, 0.15) is 31.1 Å². The van der Waals surface area contributed by atoms with E-state index in [4.69, 9.17) is 0 Å². The van der Waals surface area contributed by atoms with Gasteiger partial charge in [0, 0.05) is 16.7 Å². The first-order valence-corrected chi connectivity index (χ1v) is 6.29. The predicted octanol–water partition coefficient (Wildman–Crippen LogP) is 2.42. The molecule has 0 unspecified atom stereocenters. The highest BCUT2D eigenvalue weighted by atomic mass is 16.2. The fourth-order valence-electron chi connectivity index (χ4n) is 1.44. The highest BCUT2D eigenvalue weighted by Gasteiger charge is 2.21. The molecule has 1 N–H and O–H groups in total. The number of ketones is 1. The Hall–Kier alpha value is -1.68. The molecule has 0 aromatic heterocycles. The Balaban J connectivity index is 2.72. The molecular formula is C15H22N2O2. The number of nitrogens with one attached hydrogen (secondary N) is 1. The molecule has 0 aliphatic carbocycles. The monoisotopic (exact) mass is 262 g/mol. The van der Waals surface area contributed by atoms with Gasteiger partial charge in [-0.2, -0.15) is 0 Å². The Bertz CT molecular complexity index is 456. The Morgan fingerprint density at radius 3 is 2.05 bits per heavy atom. The van der Waals surface area contributed by atoms with Crippen LogP contribution in [0.3, 0.4) is 0 Å². The molecule has 0 aliphatic heterocycles. The SMILES string of the molecule is CN(C)CC(=O)c1ccc(NC(=O)C(C)(C)C)cc1. The zero-order valence-corrected chi connectivity index (χ0v) is 12.3. The maximum Gasteiger partial charge on any atom is 0.229 e. The van der Waals surface area contributed by atoms with E-state index in [1.807, 2.05) is 39.8 Å². The summed E-state index contributed by atoms with van der Waals surface area (Å²) in [6, 6.07) is 6.99. The van der Waals surface area contributed by atoms with Gasteiger partial charge in [0.2, 0.25) is 5.91 Å². The van der Waals surface area contributed by atoms with Gasteiger partial charge in [0.1, 0.15) is 0 Å². The van der Waals surface area contributed by atoms with Crippen LogP contribution in [0.15, 0.2) is 24.3 Å². The quantitative estimate of drug-likeness (QED) is 0.848. The molecule has 1 aromatic rings. The molecule has 1 rings (SSSR count). The summed E-state index contributed by atoms with van der Waals surface area (Å²) in [5.74, 6) is 0.0264. The molecule has 0 saturated carbocycles. The standard InChI is InChI=1S/C15H22N2O2/c1-15(2,3)14(19)16-12-8-6-11(7-9-12)13(18)10-17(4)5/h6-9H,10H2,1-5H3,(H,16,19). The van der Waals surface area contributed by atoms with Crippen molar-refractivity contribution in [3.05, 3.63) is 29.8 Å². The maximum absolute atomic E-state index is 11.8. The van der Waals surface area contributed by atoms with Crippen molar-refractivity contribution < 1.29 is 9.59 Å². The topological polar surface area (TPSA) is 49.4 Å². The number of carbonyl (C=O) groups is 2. The van der Waals surface area contributed by atoms with Crippen molar-refractivity contribution in [2.24, 2.45) is 5.41 Å². The molecular weight excluding hydrogens is 240 g/mol. The summed E-state index contributed by atoms with van der Waals surface area (Å²) >= 11 is 0. The number of rotatable bonds is 4. The highest BCUT2D eigenvalue weighted by molar-refractivity contribution is 5.99. The molecule has 4 nitrogen and oxygen atoms in total. The molecule has 19 heavy (non-hydrogen) atoms. The van der Waals surface area contributed by atoms with Crippen LogP contribution in [-0.2, 0) is 4.79 Å². The van der Waals surface area contributed by atoms with E-state index < -0.39 is 5.41 Å². The lowest BCUT2D eigenvalue weighted by Crippen LogP contribution is -2.27. The lowest BCUT2D eigenvalue weighted by molar-refractivity contribution is -0.123. The predicted molar refractivity (Wildman–Crippen MR) is 77.4 cm³/mol. The van der Waals surface area contributed by atoms with Crippen LogP contribution in [-0.4, -0.2) is 37.2 Å². The van der Waals surface area contributed by atoms with Gasteiger partial charge in [0.05, 0.1) is 6.54 Å². The minimum atomic E-state index is -0.431. The summed E-state index contributed by atoms with van der Waals surface area (Å²) in [7, 11) is 3.71. The van der Waals surface area contributed by atoms with Crippen molar-refractivity contribution in [1.29, 1.82) is 0 Å². The second kappa shape index (κ2) is 5.97. The van der Waals surface area contributed by atoms with Crippen LogP contribution in [0.5, 0.6) is 0 Å². The first-order chi connectivity index (χ1) is 8.70. The van der Waals surface area contributed by atoms with Gasteiger partial charge in [-0.15, -0.1) is 0 Å². The van der Waals surface area contributed by atoms with Crippen LogP contribution in [0, 0.1) is 5.41 Å². The van der Waals surface area contributed by atoms with Crippen LogP contribution < -0.4 is 5.32 Å². The molecule has 4 heteroatoms. The first-order valence-electron chi connectivity index (χ1n) is 6.29. The van der Waals surface area contributed by atoms with E-state index in [2.05, 4.69) is 5.32 Å². The number of nitrogens with zero attached hydrogens (tertiary/aromatic N) is 1. The first kappa shape index (κ1) is 15.4. The zero-order valence-electron chi connectivity index (χ0n) is 12.3. The van der Waals surface area contributed by atoms with Gasteiger partial charge >= 0.3 is 0 Å². The molecule has 0 saturated heterocycles. The van der Waals surface area contributed by atoms with Gasteiger partial charge in [-0.3, -0.25) is 9.59 Å². The number of amides is 1. The van der Waals surface area contributed by atoms with Crippen molar-refractivity contribution in [3.8, 4) is 0 Å². The van der Waals surface area contributed by atoms with Crippen molar-refractivity contribution in [1.82, 2.24) is 4.90 Å². The van der Waals surface area contributed by atoms with Crippen molar-refractivity contribution in [3.63, 3.8) is 0 Å². The normalized spacial score (nSPS) is 11.5. The lowest BCUT2D eigenvalue weighted by Gasteiger charge is -2.17. The van der Waals surface area contributed by atoms with E-state index in [0.717, 1.165) is 0 Å². The smallest absolute Gasteiger partial charge is 0.229 e. The molecule has 1 amide bonds. The van der Waals surface area contributed by atoms with Gasteiger partial charge in [-0.1, -0.05) is 20.8 Å². The summed E-state index contributed by atoms with van der Waals surface area (Å²) in [6.07, 6.45) is 0. The molecule has 104 valence electrons.